The third-order valence-corrected chi connectivity index (χ3v) is 1.99. The number of rotatable bonds is 2. The molecule has 0 amide bonds. The SMILES string of the molecule is CC.CCOc1nc(N)nc2ccc(Cl)nc12. The van der Waals surface area contributed by atoms with Crippen molar-refractivity contribution >= 4 is 28.6 Å². The topological polar surface area (TPSA) is 73.9 Å². The van der Waals surface area contributed by atoms with Gasteiger partial charge in [-0.05, 0) is 19.1 Å². The summed E-state index contributed by atoms with van der Waals surface area (Å²) in [6.07, 6.45) is 0. The number of ether oxygens (including phenoxy) is 1. The van der Waals surface area contributed by atoms with Gasteiger partial charge in [0.1, 0.15) is 5.15 Å². The largest absolute Gasteiger partial charge is 0.476 e. The molecule has 0 aliphatic rings. The number of nitrogens with two attached hydrogens (primary N) is 1. The van der Waals surface area contributed by atoms with Crippen LogP contribution in [-0.4, -0.2) is 21.6 Å². The predicted octanol–water partition coefficient (Wildman–Crippen LogP) is 2.69. The van der Waals surface area contributed by atoms with Crippen molar-refractivity contribution in [3.8, 4) is 5.88 Å². The lowest BCUT2D eigenvalue weighted by Crippen LogP contribution is -2.02. The molecule has 0 saturated carbocycles. The van der Waals surface area contributed by atoms with E-state index in [-0.39, 0.29) is 5.95 Å². The summed E-state index contributed by atoms with van der Waals surface area (Å²) in [6, 6.07) is 3.37. The fraction of sp³-hybridized carbons (Fsp3) is 0.364. The Morgan fingerprint density at radius 2 is 1.94 bits per heavy atom. The zero-order valence-electron chi connectivity index (χ0n) is 10.1. The molecule has 2 aromatic rings. The van der Waals surface area contributed by atoms with Crippen LogP contribution in [0.1, 0.15) is 20.8 Å². The number of hydrogen-bond donors (Lipinski definition) is 1. The summed E-state index contributed by atoms with van der Waals surface area (Å²) in [5.74, 6) is 0.526. The van der Waals surface area contributed by atoms with E-state index in [0.717, 1.165) is 0 Å². The second kappa shape index (κ2) is 6.20. The zero-order valence-corrected chi connectivity index (χ0v) is 10.8. The maximum absolute atomic E-state index is 5.78. The highest BCUT2D eigenvalue weighted by Gasteiger charge is 2.08. The van der Waals surface area contributed by atoms with Crippen LogP contribution in [0.4, 0.5) is 5.95 Å². The summed E-state index contributed by atoms with van der Waals surface area (Å²) in [7, 11) is 0. The van der Waals surface area contributed by atoms with Gasteiger partial charge in [-0.3, -0.25) is 0 Å². The summed E-state index contributed by atoms with van der Waals surface area (Å²) in [4.78, 5) is 12.1. The van der Waals surface area contributed by atoms with Crippen LogP contribution >= 0.6 is 11.6 Å². The minimum Gasteiger partial charge on any atom is -0.476 e. The van der Waals surface area contributed by atoms with Crippen LogP contribution in [0, 0.1) is 0 Å². The lowest BCUT2D eigenvalue weighted by atomic mass is 10.3. The normalized spacial score (nSPS) is 9.65. The van der Waals surface area contributed by atoms with Crippen molar-refractivity contribution in [1.82, 2.24) is 15.0 Å². The molecule has 2 rings (SSSR count). The first-order chi connectivity index (χ1) is 8.20. The van der Waals surface area contributed by atoms with Gasteiger partial charge >= 0.3 is 0 Å². The monoisotopic (exact) mass is 254 g/mol. The molecule has 0 bridgehead atoms. The molecule has 2 aromatic heterocycles. The van der Waals surface area contributed by atoms with E-state index in [4.69, 9.17) is 22.1 Å². The summed E-state index contributed by atoms with van der Waals surface area (Å²) in [5.41, 5.74) is 6.68. The smallest absolute Gasteiger partial charge is 0.245 e. The molecule has 0 aliphatic heterocycles. The van der Waals surface area contributed by atoms with Gasteiger partial charge in [0, 0.05) is 0 Å². The molecule has 0 aromatic carbocycles. The number of anilines is 1. The number of nitrogen functional groups attached to an aromatic ring is 1. The number of hydrogen-bond acceptors (Lipinski definition) is 5. The average molecular weight is 255 g/mol. The molecule has 17 heavy (non-hydrogen) atoms. The van der Waals surface area contributed by atoms with Crippen molar-refractivity contribution in [3.63, 3.8) is 0 Å². The molecule has 0 radical (unpaired) electrons. The van der Waals surface area contributed by atoms with Crippen molar-refractivity contribution in [2.24, 2.45) is 0 Å². The Morgan fingerprint density at radius 3 is 2.59 bits per heavy atom. The third kappa shape index (κ3) is 3.17. The minimum absolute atomic E-state index is 0.162. The van der Waals surface area contributed by atoms with Crippen molar-refractivity contribution in [3.05, 3.63) is 17.3 Å². The Hall–Kier alpha value is -1.62. The van der Waals surface area contributed by atoms with Gasteiger partial charge in [-0.25, -0.2) is 9.97 Å². The number of fused-ring (bicyclic) bond motifs is 1. The predicted molar refractivity (Wildman–Crippen MR) is 69.3 cm³/mol. The van der Waals surface area contributed by atoms with Crippen LogP contribution in [-0.2, 0) is 0 Å². The summed E-state index contributed by atoms with van der Waals surface area (Å²) in [5, 5.41) is 0.372. The highest BCUT2D eigenvalue weighted by Crippen LogP contribution is 2.22. The molecule has 0 fully saturated rings. The van der Waals surface area contributed by atoms with E-state index in [2.05, 4.69) is 15.0 Å². The second-order valence-corrected chi connectivity index (χ2v) is 3.21. The molecule has 2 heterocycles. The van der Waals surface area contributed by atoms with Crippen LogP contribution in [0.2, 0.25) is 5.15 Å². The first-order valence-corrected chi connectivity index (χ1v) is 5.81. The van der Waals surface area contributed by atoms with E-state index in [1.54, 1.807) is 12.1 Å². The Bertz CT molecular complexity index is 504. The van der Waals surface area contributed by atoms with Crippen LogP contribution in [0.25, 0.3) is 11.0 Å². The van der Waals surface area contributed by atoms with Gasteiger partial charge in [-0.1, -0.05) is 25.4 Å². The molecule has 0 aliphatic carbocycles. The number of halogens is 1. The molecule has 6 heteroatoms. The van der Waals surface area contributed by atoms with Gasteiger partial charge in [-0.15, -0.1) is 0 Å². The molecule has 5 nitrogen and oxygen atoms in total. The summed E-state index contributed by atoms with van der Waals surface area (Å²) >= 11 is 5.78. The van der Waals surface area contributed by atoms with Gasteiger partial charge < -0.3 is 10.5 Å². The maximum atomic E-state index is 5.78. The molecule has 2 N–H and O–H groups in total. The third-order valence-electron chi connectivity index (χ3n) is 1.77. The van der Waals surface area contributed by atoms with Crippen LogP contribution < -0.4 is 10.5 Å². The maximum Gasteiger partial charge on any atom is 0.245 e. The molecule has 0 unspecified atom stereocenters. The molecule has 0 atom stereocenters. The van der Waals surface area contributed by atoms with Gasteiger partial charge in [-0.2, -0.15) is 4.98 Å². The first-order valence-electron chi connectivity index (χ1n) is 5.43. The van der Waals surface area contributed by atoms with Crippen molar-refractivity contribution in [1.29, 1.82) is 0 Å². The fourth-order valence-corrected chi connectivity index (χ4v) is 1.37. The highest BCUT2D eigenvalue weighted by atomic mass is 35.5. The molecule has 0 saturated heterocycles. The van der Waals surface area contributed by atoms with Gasteiger partial charge in [0.15, 0.2) is 5.52 Å². The van der Waals surface area contributed by atoms with E-state index in [1.807, 2.05) is 20.8 Å². The van der Waals surface area contributed by atoms with E-state index < -0.39 is 0 Å². The Labute approximate surface area is 105 Å². The lowest BCUT2D eigenvalue weighted by Gasteiger charge is -2.05. The zero-order chi connectivity index (χ0) is 12.8. The van der Waals surface area contributed by atoms with E-state index in [1.165, 1.54) is 0 Å². The highest BCUT2D eigenvalue weighted by molar-refractivity contribution is 6.29. The number of aromatic nitrogens is 3. The Kier molecular flexibility index (Phi) is 4.90. The summed E-state index contributed by atoms with van der Waals surface area (Å²) < 4.78 is 5.30. The lowest BCUT2D eigenvalue weighted by molar-refractivity contribution is 0.330. The van der Waals surface area contributed by atoms with Gasteiger partial charge in [0.05, 0.1) is 12.1 Å². The quantitative estimate of drug-likeness (QED) is 0.834. The average Bonchev–Trinajstić information content (AvgIpc) is 2.33. The molecular formula is C11H15ClN4O. The standard InChI is InChI=1S/C9H9ClN4O.C2H6/c1-2-15-8-7-5(12-9(11)14-8)3-4-6(10)13-7;1-2/h3-4H,2H2,1H3,(H2,11,12,14);1-2H3. The van der Waals surface area contributed by atoms with Gasteiger partial charge in [0.2, 0.25) is 11.8 Å². The summed E-state index contributed by atoms with van der Waals surface area (Å²) in [6.45, 7) is 6.34. The first kappa shape index (κ1) is 13.4. The minimum atomic E-state index is 0.162. The van der Waals surface area contributed by atoms with E-state index >= 15 is 0 Å². The number of pyridine rings is 1. The van der Waals surface area contributed by atoms with E-state index in [0.29, 0.717) is 28.7 Å². The number of nitrogens with zero attached hydrogens (tertiary/aromatic N) is 3. The molecular weight excluding hydrogens is 240 g/mol. The molecule has 92 valence electrons. The van der Waals surface area contributed by atoms with Crippen molar-refractivity contribution in [2.75, 3.05) is 12.3 Å². The van der Waals surface area contributed by atoms with Crippen LogP contribution in [0.3, 0.4) is 0 Å². The van der Waals surface area contributed by atoms with Gasteiger partial charge in [0.25, 0.3) is 0 Å². The second-order valence-electron chi connectivity index (χ2n) is 2.82. The molecule has 0 spiro atoms. The Balaban J connectivity index is 0.000000686. The van der Waals surface area contributed by atoms with Crippen molar-refractivity contribution in [2.45, 2.75) is 20.8 Å². The van der Waals surface area contributed by atoms with Crippen LogP contribution in [0.15, 0.2) is 12.1 Å². The van der Waals surface area contributed by atoms with E-state index in [9.17, 15) is 0 Å². The fourth-order valence-electron chi connectivity index (χ4n) is 1.22. The Morgan fingerprint density at radius 1 is 1.24 bits per heavy atom. The van der Waals surface area contributed by atoms with Crippen LogP contribution in [0.5, 0.6) is 5.88 Å². The van der Waals surface area contributed by atoms with Crippen molar-refractivity contribution < 1.29 is 4.74 Å².